The fourth-order valence-electron chi connectivity index (χ4n) is 5.74. The van der Waals surface area contributed by atoms with E-state index < -0.39 is 13.9 Å². The molecule has 0 aliphatic heterocycles. The summed E-state index contributed by atoms with van der Waals surface area (Å²) in [6.45, 7) is 4.59. The highest BCUT2D eigenvalue weighted by Gasteiger charge is 2.25. The van der Waals surface area contributed by atoms with Crippen molar-refractivity contribution < 1.29 is 32.8 Å². The molecule has 0 radical (unpaired) electrons. The van der Waals surface area contributed by atoms with E-state index >= 15 is 0 Å². The fourth-order valence-corrected chi connectivity index (χ4v) is 6.51. The van der Waals surface area contributed by atoms with Crippen LogP contribution < -0.4 is 5.73 Å². The molecule has 0 saturated heterocycles. The van der Waals surface area contributed by atoms with Gasteiger partial charge in [-0.15, -0.1) is 0 Å². The lowest BCUT2D eigenvalue weighted by atomic mass is 10.0. The Balaban J connectivity index is 4.06. The highest BCUT2D eigenvalue weighted by atomic mass is 31.2. The van der Waals surface area contributed by atoms with Gasteiger partial charge in [-0.25, -0.2) is 4.57 Å². The lowest BCUT2D eigenvalue weighted by molar-refractivity contribution is -0.154. The van der Waals surface area contributed by atoms with Gasteiger partial charge in [0.1, 0.15) is 6.10 Å². The highest BCUT2D eigenvalue weighted by molar-refractivity contribution is 7.47. The number of phosphoric ester groups is 1. The molecule has 3 N–H and O–H groups in total. The fraction of sp³-hybridized carbons (Fsp3) is 0.653. The second-order valence-electron chi connectivity index (χ2n) is 14.5. The summed E-state index contributed by atoms with van der Waals surface area (Å²) >= 11 is 0. The average Bonchev–Trinajstić information content (AvgIpc) is 3.21. The van der Waals surface area contributed by atoms with Crippen molar-refractivity contribution in [3.05, 3.63) is 97.2 Å². The van der Waals surface area contributed by atoms with E-state index in [0.717, 1.165) is 96.3 Å². The molecular weight excluding hydrogens is 746 g/mol. The maximum Gasteiger partial charge on any atom is 0.472 e. The summed E-state index contributed by atoms with van der Waals surface area (Å²) in [5.74, 6) is -0.351. The second kappa shape index (κ2) is 45.5. The number of hydrogen-bond acceptors (Lipinski definition) is 7. The summed E-state index contributed by atoms with van der Waals surface area (Å²) in [5.41, 5.74) is 5.37. The second-order valence-corrected chi connectivity index (χ2v) is 16.0. The molecule has 0 aromatic carbocycles. The Bertz CT molecular complexity index is 1200. The van der Waals surface area contributed by atoms with Crippen LogP contribution in [0.2, 0.25) is 0 Å². The normalized spacial score (nSPS) is 14.3. The number of hydrogen-bond donors (Lipinski definition) is 2. The monoisotopic (exact) mass is 830 g/mol. The smallest absolute Gasteiger partial charge is 0.457 e. The van der Waals surface area contributed by atoms with Crippen LogP contribution in [0, 0.1) is 0 Å². The maximum absolute atomic E-state index is 12.6. The number of esters is 1. The minimum absolute atomic E-state index is 0.0872. The Morgan fingerprint density at radius 2 is 0.914 bits per heavy atom. The van der Waals surface area contributed by atoms with Gasteiger partial charge < -0.3 is 20.1 Å². The molecule has 2 atom stereocenters. The van der Waals surface area contributed by atoms with E-state index in [2.05, 4.69) is 111 Å². The lowest BCUT2D eigenvalue weighted by Crippen LogP contribution is -2.28. The molecule has 332 valence electrons. The number of nitrogens with two attached hydrogens (primary N) is 1. The first-order valence-corrected chi connectivity index (χ1v) is 24.2. The number of carbonyl (C=O) groups is 1. The third-order valence-electron chi connectivity index (χ3n) is 9.00. The van der Waals surface area contributed by atoms with Gasteiger partial charge in [-0.1, -0.05) is 169 Å². The van der Waals surface area contributed by atoms with Gasteiger partial charge in [0.05, 0.1) is 19.8 Å². The summed E-state index contributed by atoms with van der Waals surface area (Å²) in [6.07, 6.45) is 60.0. The van der Waals surface area contributed by atoms with Crippen molar-refractivity contribution in [2.45, 2.75) is 174 Å². The van der Waals surface area contributed by atoms with Crippen molar-refractivity contribution in [1.82, 2.24) is 0 Å². The molecule has 0 bridgehead atoms. The molecule has 0 aromatic rings. The van der Waals surface area contributed by atoms with Crippen LogP contribution in [0.4, 0.5) is 0 Å². The van der Waals surface area contributed by atoms with Gasteiger partial charge in [-0.3, -0.25) is 13.8 Å². The quantitative estimate of drug-likeness (QED) is 0.0270. The first-order valence-electron chi connectivity index (χ1n) is 22.7. The van der Waals surface area contributed by atoms with Gasteiger partial charge in [0.2, 0.25) is 0 Å². The molecule has 8 nitrogen and oxygen atoms in total. The molecule has 0 spiro atoms. The Morgan fingerprint density at radius 1 is 0.517 bits per heavy atom. The number of ether oxygens (including phenoxy) is 2. The van der Waals surface area contributed by atoms with Gasteiger partial charge in [-0.05, 0) is 89.9 Å². The molecular formula is C49H84NO7P. The van der Waals surface area contributed by atoms with E-state index in [1.165, 1.54) is 51.4 Å². The first-order chi connectivity index (χ1) is 28.4. The van der Waals surface area contributed by atoms with E-state index in [4.69, 9.17) is 24.3 Å². The molecule has 2 unspecified atom stereocenters. The van der Waals surface area contributed by atoms with Gasteiger partial charge in [0, 0.05) is 19.6 Å². The predicted molar refractivity (Wildman–Crippen MR) is 247 cm³/mol. The molecule has 0 aliphatic rings. The summed E-state index contributed by atoms with van der Waals surface area (Å²) in [5, 5.41) is 0. The summed E-state index contributed by atoms with van der Waals surface area (Å²) < 4.78 is 33.4. The largest absolute Gasteiger partial charge is 0.472 e. The minimum atomic E-state index is -4.30. The minimum Gasteiger partial charge on any atom is -0.457 e. The zero-order valence-electron chi connectivity index (χ0n) is 36.7. The van der Waals surface area contributed by atoms with Crippen molar-refractivity contribution in [1.29, 1.82) is 0 Å². The Morgan fingerprint density at radius 3 is 1.36 bits per heavy atom. The van der Waals surface area contributed by atoms with E-state index in [1.807, 2.05) is 0 Å². The number of unbranched alkanes of at least 4 members (excludes halogenated alkanes) is 13. The van der Waals surface area contributed by atoms with Gasteiger partial charge >= 0.3 is 13.8 Å². The summed E-state index contributed by atoms with van der Waals surface area (Å²) in [6, 6.07) is 0. The summed E-state index contributed by atoms with van der Waals surface area (Å²) in [4.78, 5) is 22.5. The molecule has 0 rings (SSSR count). The van der Waals surface area contributed by atoms with Crippen LogP contribution >= 0.6 is 7.82 Å². The third kappa shape index (κ3) is 44.5. The van der Waals surface area contributed by atoms with Crippen molar-refractivity contribution >= 4 is 13.8 Å². The van der Waals surface area contributed by atoms with Gasteiger partial charge in [0.15, 0.2) is 0 Å². The average molecular weight is 830 g/mol. The van der Waals surface area contributed by atoms with Crippen molar-refractivity contribution in [2.75, 3.05) is 33.0 Å². The lowest BCUT2D eigenvalue weighted by Gasteiger charge is -2.20. The standard InChI is InChI=1S/C49H84NO7P/c1-3-5-7-9-11-13-15-17-19-21-22-23-24-25-26-27-28-30-32-34-36-38-40-42-49(51)57-48(47-56-58(52,53)55-45-43-50)46-54-44-41-39-37-35-33-31-29-20-18-16-14-12-10-8-6-4-2/h5-8,11-14,17-20,22-23,31,33,48H,3-4,9-10,15-16,21,24-30,32,34-47,50H2,1-2H3,(H,52,53)/b7-5-,8-6-,13-11-,14-12-,19-17-,20-18-,23-22-,33-31-. The highest BCUT2D eigenvalue weighted by Crippen LogP contribution is 2.43. The van der Waals surface area contributed by atoms with Crippen molar-refractivity contribution in [2.24, 2.45) is 5.73 Å². The molecule has 0 aliphatic carbocycles. The molecule has 0 heterocycles. The van der Waals surface area contributed by atoms with Crippen LogP contribution in [0.5, 0.6) is 0 Å². The molecule has 9 heteroatoms. The molecule has 0 aromatic heterocycles. The van der Waals surface area contributed by atoms with Gasteiger partial charge in [0.25, 0.3) is 0 Å². The first kappa shape index (κ1) is 55.4. The predicted octanol–water partition coefficient (Wildman–Crippen LogP) is 13.9. The topological polar surface area (TPSA) is 117 Å². The molecule has 0 fully saturated rings. The van der Waals surface area contributed by atoms with Crippen molar-refractivity contribution in [3.63, 3.8) is 0 Å². The van der Waals surface area contributed by atoms with Crippen LogP contribution in [-0.2, 0) is 27.9 Å². The van der Waals surface area contributed by atoms with Crippen molar-refractivity contribution in [3.8, 4) is 0 Å². The number of rotatable bonds is 42. The van der Waals surface area contributed by atoms with E-state index in [0.29, 0.717) is 13.0 Å². The number of carbonyl (C=O) groups excluding carboxylic acids is 1. The van der Waals surface area contributed by atoms with Crippen LogP contribution in [0.3, 0.4) is 0 Å². The van der Waals surface area contributed by atoms with Crippen LogP contribution in [0.15, 0.2) is 97.2 Å². The Hall–Kier alpha value is -2.58. The third-order valence-corrected chi connectivity index (χ3v) is 9.98. The maximum atomic E-state index is 12.6. The van der Waals surface area contributed by atoms with E-state index in [9.17, 15) is 14.3 Å². The zero-order chi connectivity index (χ0) is 42.3. The SMILES string of the molecule is CC/C=C\C/C=C\C/C=C\C/C=C\CCCCCCCCCCCCC(=O)OC(COCCCCC/C=C\C/C=C\C/C=C\C/C=C\CC)COP(=O)(O)OCCN. The molecule has 58 heavy (non-hydrogen) atoms. The Labute approximate surface area is 355 Å². The van der Waals surface area contributed by atoms with E-state index in [-0.39, 0.29) is 32.3 Å². The van der Waals surface area contributed by atoms with Crippen LogP contribution in [0.25, 0.3) is 0 Å². The zero-order valence-corrected chi connectivity index (χ0v) is 37.6. The molecule has 0 amide bonds. The van der Waals surface area contributed by atoms with Crippen LogP contribution in [0.1, 0.15) is 168 Å². The number of allylic oxidation sites excluding steroid dienone is 16. The summed E-state index contributed by atoms with van der Waals surface area (Å²) in [7, 11) is -4.30. The molecule has 0 saturated carbocycles. The Kier molecular flexibility index (Phi) is 43.5. The number of phosphoric acid groups is 1. The van der Waals surface area contributed by atoms with E-state index in [1.54, 1.807) is 0 Å². The van der Waals surface area contributed by atoms with Gasteiger partial charge in [-0.2, -0.15) is 0 Å². The van der Waals surface area contributed by atoms with Crippen LogP contribution in [-0.4, -0.2) is 49.9 Å².